The molecular formula is C25H33N3O4. The molecule has 7 heteroatoms. The minimum atomic E-state index is -0.820. The summed E-state index contributed by atoms with van der Waals surface area (Å²) in [5.74, 6) is 1.03. The number of anilines is 1. The minimum absolute atomic E-state index is 0.0767. The van der Waals surface area contributed by atoms with Gasteiger partial charge in [-0.3, -0.25) is 9.69 Å². The van der Waals surface area contributed by atoms with Crippen molar-refractivity contribution in [2.45, 2.75) is 51.9 Å². The molecule has 1 aliphatic carbocycles. The number of nitrogens with one attached hydrogen (secondary N) is 1. The largest absolute Gasteiger partial charge is 0.493 e. The average Bonchev–Trinajstić information content (AvgIpc) is 3.63. The number of carboxylic acids is 1. The molecule has 1 fully saturated rings. The van der Waals surface area contributed by atoms with Crippen LogP contribution in [0.15, 0.2) is 36.4 Å². The summed E-state index contributed by atoms with van der Waals surface area (Å²) in [5.41, 5.74) is 2.47. The highest BCUT2D eigenvalue weighted by atomic mass is 16.5. The van der Waals surface area contributed by atoms with Gasteiger partial charge in [-0.2, -0.15) is 0 Å². The number of aryl methyl sites for hydroxylation is 1. The van der Waals surface area contributed by atoms with Crippen molar-refractivity contribution in [3.63, 3.8) is 0 Å². The van der Waals surface area contributed by atoms with Crippen molar-refractivity contribution in [2.75, 3.05) is 25.1 Å². The van der Waals surface area contributed by atoms with Gasteiger partial charge in [0.25, 0.3) is 0 Å². The van der Waals surface area contributed by atoms with E-state index in [1.165, 1.54) is 17.7 Å². The summed E-state index contributed by atoms with van der Waals surface area (Å²) in [6.07, 6.45) is 6.04. The number of carbonyl (C=O) groups excluding carboxylic acids is 1. The van der Waals surface area contributed by atoms with Crippen LogP contribution in [-0.2, 0) is 11.2 Å². The molecule has 1 aromatic carbocycles. The number of carbonyl (C=O) groups is 2. The van der Waals surface area contributed by atoms with Crippen LogP contribution in [0, 0.1) is 5.92 Å². The van der Waals surface area contributed by atoms with Gasteiger partial charge in [-0.15, -0.1) is 0 Å². The smallest absolute Gasteiger partial charge is 0.322 e. The first-order valence-corrected chi connectivity index (χ1v) is 11.4. The fourth-order valence-electron chi connectivity index (χ4n) is 3.35. The number of benzene rings is 1. The standard InChI is InChI=1S/C25H33N3O4/c1-3-4-5-15-26-25(31)28(2)23-8-6-7-21(27-23)20-13-11-18(12-14-24(29)30)16-22(20)32-17-19-9-10-19/h6-8,11,13,16,19H,3-5,9-10,12,14-15,17H2,1-2H3,(H,26,31)(H,29,30). The lowest BCUT2D eigenvalue weighted by molar-refractivity contribution is -0.136. The Morgan fingerprint density at radius 3 is 2.75 bits per heavy atom. The molecule has 0 unspecified atom stereocenters. The van der Waals surface area contributed by atoms with E-state index in [9.17, 15) is 9.59 Å². The van der Waals surface area contributed by atoms with E-state index in [0.29, 0.717) is 42.8 Å². The van der Waals surface area contributed by atoms with Crippen LogP contribution >= 0.6 is 0 Å². The average molecular weight is 440 g/mol. The van der Waals surface area contributed by atoms with Crippen LogP contribution in [0.3, 0.4) is 0 Å². The summed E-state index contributed by atoms with van der Waals surface area (Å²) in [4.78, 5) is 29.6. The van der Waals surface area contributed by atoms with Gasteiger partial charge in [-0.1, -0.05) is 31.9 Å². The Morgan fingerprint density at radius 1 is 1.22 bits per heavy atom. The van der Waals surface area contributed by atoms with Crippen molar-refractivity contribution in [3.05, 3.63) is 42.0 Å². The van der Waals surface area contributed by atoms with E-state index in [0.717, 1.165) is 30.4 Å². The van der Waals surface area contributed by atoms with E-state index in [2.05, 4.69) is 12.2 Å². The third kappa shape index (κ3) is 6.97. The van der Waals surface area contributed by atoms with E-state index >= 15 is 0 Å². The first-order valence-electron chi connectivity index (χ1n) is 11.4. The summed E-state index contributed by atoms with van der Waals surface area (Å²) in [6, 6.07) is 11.2. The summed E-state index contributed by atoms with van der Waals surface area (Å²) in [6.45, 7) is 3.42. The first-order chi connectivity index (χ1) is 15.5. The highest BCUT2D eigenvalue weighted by molar-refractivity contribution is 5.90. The Labute approximate surface area is 189 Å². The van der Waals surface area contributed by atoms with Crippen LogP contribution < -0.4 is 15.0 Å². The lowest BCUT2D eigenvalue weighted by Gasteiger charge is -2.19. The maximum Gasteiger partial charge on any atom is 0.322 e. The zero-order valence-electron chi connectivity index (χ0n) is 19.0. The van der Waals surface area contributed by atoms with Crippen LogP contribution in [-0.4, -0.2) is 42.3 Å². The van der Waals surface area contributed by atoms with Gasteiger partial charge in [0.1, 0.15) is 11.6 Å². The van der Waals surface area contributed by atoms with E-state index in [4.69, 9.17) is 14.8 Å². The molecule has 2 aromatic rings. The van der Waals surface area contributed by atoms with Crippen molar-refractivity contribution in [1.29, 1.82) is 0 Å². The first kappa shape index (κ1) is 23.6. The number of hydrogen-bond donors (Lipinski definition) is 2. The van der Waals surface area contributed by atoms with Crippen molar-refractivity contribution in [1.82, 2.24) is 10.3 Å². The summed E-state index contributed by atoms with van der Waals surface area (Å²) in [7, 11) is 1.71. The number of pyridine rings is 1. The van der Waals surface area contributed by atoms with Crippen LogP contribution in [0.2, 0.25) is 0 Å². The van der Waals surface area contributed by atoms with E-state index in [1.54, 1.807) is 13.1 Å². The van der Waals surface area contributed by atoms with Crippen LogP contribution in [0.5, 0.6) is 5.75 Å². The van der Waals surface area contributed by atoms with Crippen LogP contribution in [0.25, 0.3) is 11.3 Å². The molecule has 0 saturated heterocycles. The number of nitrogens with zero attached hydrogens (tertiary/aromatic N) is 2. The van der Waals surface area contributed by atoms with Crippen LogP contribution in [0.1, 0.15) is 51.0 Å². The Bertz CT molecular complexity index is 927. The number of urea groups is 1. The van der Waals surface area contributed by atoms with Gasteiger partial charge in [0.2, 0.25) is 0 Å². The zero-order chi connectivity index (χ0) is 22.9. The Hall–Kier alpha value is -3.09. The number of aromatic nitrogens is 1. The summed E-state index contributed by atoms with van der Waals surface area (Å²) < 4.78 is 6.11. The van der Waals surface area contributed by atoms with Crippen molar-refractivity contribution in [3.8, 4) is 17.0 Å². The molecule has 1 aliphatic rings. The third-order valence-electron chi connectivity index (χ3n) is 5.56. The molecule has 0 atom stereocenters. The quantitative estimate of drug-likeness (QED) is 0.460. The second kappa shape index (κ2) is 11.5. The zero-order valence-corrected chi connectivity index (χ0v) is 19.0. The van der Waals surface area contributed by atoms with Crippen LogP contribution in [0.4, 0.5) is 10.6 Å². The molecule has 0 aliphatic heterocycles. The van der Waals surface area contributed by atoms with E-state index in [-0.39, 0.29) is 12.5 Å². The van der Waals surface area contributed by atoms with Gasteiger partial charge in [0.05, 0.1) is 12.3 Å². The molecule has 0 radical (unpaired) electrons. The molecule has 172 valence electrons. The number of amides is 2. The summed E-state index contributed by atoms with van der Waals surface area (Å²) in [5, 5.41) is 11.9. The molecule has 7 nitrogen and oxygen atoms in total. The molecule has 1 saturated carbocycles. The van der Waals surface area contributed by atoms with E-state index < -0.39 is 5.97 Å². The molecule has 1 heterocycles. The minimum Gasteiger partial charge on any atom is -0.493 e. The fraction of sp³-hybridized carbons (Fsp3) is 0.480. The number of unbranched alkanes of at least 4 members (excludes halogenated alkanes) is 2. The SMILES string of the molecule is CCCCCNC(=O)N(C)c1cccc(-c2ccc(CCC(=O)O)cc2OCC2CC2)n1. The maximum atomic E-state index is 12.5. The molecule has 32 heavy (non-hydrogen) atoms. The Balaban J connectivity index is 1.78. The predicted octanol–water partition coefficient (Wildman–Crippen LogP) is 4.89. The number of aliphatic carboxylic acids is 1. The lowest BCUT2D eigenvalue weighted by Crippen LogP contribution is -2.38. The number of carboxylic acid groups (broad SMARTS) is 1. The normalized spacial score (nSPS) is 12.9. The van der Waals surface area contributed by atoms with Crippen molar-refractivity contribution >= 4 is 17.8 Å². The van der Waals surface area contributed by atoms with Gasteiger partial charge in [0, 0.05) is 25.6 Å². The maximum absolute atomic E-state index is 12.5. The van der Waals surface area contributed by atoms with Crippen molar-refractivity contribution in [2.24, 2.45) is 5.92 Å². The molecule has 3 rings (SSSR count). The highest BCUT2D eigenvalue weighted by Crippen LogP contribution is 2.34. The highest BCUT2D eigenvalue weighted by Gasteiger charge is 2.23. The van der Waals surface area contributed by atoms with Gasteiger partial charge in [-0.05, 0) is 61.4 Å². The van der Waals surface area contributed by atoms with Gasteiger partial charge in [-0.25, -0.2) is 9.78 Å². The van der Waals surface area contributed by atoms with E-state index in [1.807, 2.05) is 30.3 Å². The second-order valence-corrected chi connectivity index (χ2v) is 8.36. The molecule has 0 spiro atoms. The Kier molecular flexibility index (Phi) is 8.48. The summed E-state index contributed by atoms with van der Waals surface area (Å²) >= 11 is 0. The third-order valence-corrected chi connectivity index (χ3v) is 5.56. The number of ether oxygens (including phenoxy) is 1. The molecule has 2 N–H and O–H groups in total. The van der Waals surface area contributed by atoms with Gasteiger partial charge in [0.15, 0.2) is 0 Å². The molecule has 1 aromatic heterocycles. The molecular weight excluding hydrogens is 406 g/mol. The van der Waals surface area contributed by atoms with Gasteiger partial charge >= 0.3 is 12.0 Å². The predicted molar refractivity (Wildman–Crippen MR) is 125 cm³/mol. The molecule has 2 amide bonds. The fourth-order valence-corrected chi connectivity index (χ4v) is 3.35. The lowest BCUT2D eigenvalue weighted by atomic mass is 10.0. The van der Waals surface area contributed by atoms with Crippen molar-refractivity contribution < 1.29 is 19.4 Å². The monoisotopic (exact) mass is 439 g/mol. The Morgan fingerprint density at radius 2 is 2.03 bits per heavy atom. The van der Waals surface area contributed by atoms with Gasteiger partial charge < -0.3 is 15.2 Å². The number of hydrogen-bond acceptors (Lipinski definition) is 4. The molecule has 0 bridgehead atoms. The number of rotatable bonds is 12. The topological polar surface area (TPSA) is 91.8 Å². The second-order valence-electron chi connectivity index (χ2n) is 8.36.